The maximum Gasteiger partial charge on any atom is 0.407 e. The van der Waals surface area contributed by atoms with Crippen LogP contribution in [-0.2, 0) is 30.3 Å². The van der Waals surface area contributed by atoms with Crippen LogP contribution in [0.25, 0.3) is 11.1 Å². The van der Waals surface area contributed by atoms with Crippen LogP contribution in [0.3, 0.4) is 0 Å². The molecule has 0 saturated heterocycles. The Labute approximate surface area is 401 Å². The van der Waals surface area contributed by atoms with E-state index in [2.05, 4.69) is 34.7 Å². The number of para-hydroxylation sites is 1. The van der Waals surface area contributed by atoms with Crippen molar-refractivity contribution in [3.8, 4) is 11.1 Å². The minimum Gasteiger partial charge on any atom is -0.461 e. The van der Waals surface area contributed by atoms with Crippen LogP contribution in [0.1, 0.15) is 71.9 Å². The Morgan fingerprint density at radius 3 is 1.96 bits per heavy atom. The Kier molecular flexibility index (Phi) is 17.0. The molecule has 0 bridgehead atoms. The number of thioether (sulfide) groups is 1. The second-order valence-electron chi connectivity index (χ2n) is 17.0. The molecule has 10 nitrogen and oxygen atoms in total. The van der Waals surface area contributed by atoms with Crippen LogP contribution in [0.2, 0.25) is 0 Å². The highest BCUT2D eigenvalue weighted by atomic mass is 32.2. The predicted octanol–water partition coefficient (Wildman–Crippen LogP) is 10.2. The van der Waals surface area contributed by atoms with Gasteiger partial charge in [-0.15, -0.1) is 11.8 Å². The fourth-order valence-corrected chi connectivity index (χ4v) is 9.67. The number of aliphatic hydroxyl groups is 1. The largest absolute Gasteiger partial charge is 0.461 e. The number of amides is 3. The number of anilines is 1. The number of halogens is 1. The summed E-state index contributed by atoms with van der Waals surface area (Å²) in [7, 11) is 0. The lowest BCUT2D eigenvalue weighted by Crippen LogP contribution is -2.47. The van der Waals surface area contributed by atoms with Gasteiger partial charge in [0.2, 0.25) is 11.8 Å². The van der Waals surface area contributed by atoms with Crippen molar-refractivity contribution in [1.29, 1.82) is 0 Å². The van der Waals surface area contributed by atoms with Crippen LogP contribution >= 0.6 is 11.8 Å². The van der Waals surface area contributed by atoms with Crippen molar-refractivity contribution in [2.45, 2.75) is 68.0 Å². The molecular formula is C56H56FN3O7S. The standard InChI is InChI=1S/C56H56FN3O7S/c1-4-31-66-51(63)34-48(61)53(36(2)3)59-50(62)30-32-68-49-25-15-24-45(52(38-16-7-5-8-17-38)39-18-9-6-10-19-39)54(49)60-55(64)47(33-37-26-28-40(57)29-27-37)58-56(65)67-35-46-43-22-13-11-20-41(43)42-21-12-14-23-44(42)46/h4-29,36,46-48,52-53,61H,1,30-35H2,2-3H3,(H,58,65)(H,59,62)(H,60,64)/t47-,48+,53-/m1/s1. The molecular weight excluding hydrogens is 878 g/mol. The molecule has 3 amide bonds. The lowest BCUT2D eigenvalue weighted by molar-refractivity contribution is -0.145. The van der Waals surface area contributed by atoms with Crippen molar-refractivity contribution >= 4 is 41.3 Å². The molecule has 1 aliphatic rings. The highest BCUT2D eigenvalue weighted by Crippen LogP contribution is 2.45. The van der Waals surface area contributed by atoms with Gasteiger partial charge in [0.1, 0.15) is 25.1 Å². The number of fused-ring (bicyclic) bond motifs is 3. The SMILES string of the molecule is C=CCOC(=O)C[C@H](O)[C@H](NC(=O)CCSc1cccc(C(c2ccccc2)c2ccccc2)c1NC(=O)[C@@H](Cc1ccc(F)cc1)NC(=O)OCC1c2ccccc2-c2ccccc21)C(C)C. The number of alkyl carbamates (subject to hydrolysis) is 1. The van der Waals surface area contributed by atoms with E-state index >= 15 is 0 Å². The average Bonchev–Trinajstić information content (AvgIpc) is 3.67. The summed E-state index contributed by atoms with van der Waals surface area (Å²) in [6, 6.07) is 45.6. The summed E-state index contributed by atoms with van der Waals surface area (Å²) in [5, 5.41) is 19.9. The maximum atomic E-state index is 14.9. The van der Waals surface area contributed by atoms with Crippen LogP contribution in [0.15, 0.2) is 169 Å². The zero-order valence-corrected chi connectivity index (χ0v) is 38.9. The van der Waals surface area contributed by atoms with Crippen LogP contribution < -0.4 is 16.0 Å². The van der Waals surface area contributed by atoms with Crippen molar-refractivity contribution in [2.24, 2.45) is 5.92 Å². The molecule has 0 radical (unpaired) electrons. The van der Waals surface area contributed by atoms with Crippen molar-refractivity contribution in [2.75, 3.05) is 24.3 Å². The fraction of sp³-hybridized carbons (Fsp3) is 0.250. The number of carbonyl (C=O) groups excluding carboxylic acids is 4. The van der Waals surface area contributed by atoms with Gasteiger partial charge in [-0.25, -0.2) is 9.18 Å². The quantitative estimate of drug-likeness (QED) is 0.0242. The van der Waals surface area contributed by atoms with Gasteiger partial charge in [-0.1, -0.05) is 160 Å². The van der Waals surface area contributed by atoms with Gasteiger partial charge in [-0.2, -0.15) is 0 Å². The fourth-order valence-electron chi connectivity index (χ4n) is 8.67. The Balaban J connectivity index is 1.16. The van der Waals surface area contributed by atoms with Gasteiger partial charge in [0, 0.05) is 35.3 Å². The van der Waals surface area contributed by atoms with E-state index in [4.69, 9.17) is 9.47 Å². The lowest BCUT2D eigenvalue weighted by Gasteiger charge is -2.27. The van der Waals surface area contributed by atoms with Crippen LogP contribution in [-0.4, -0.2) is 66.1 Å². The second-order valence-corrected chi connectivity index (χ2v) is 18.1. The minimum atomic E-state index is -1.17. The van der Waals surface area contributed by atoms with Crippen LogP contribution in [0.5, 0.6) is 0 Å². The summed E-state index contributed by atoms with van der Waals surface area (Å²) in [5.41, 5.74) is 8.09. The number of esters is 1. The van der Waals surface area contributed by atoms with Crippen molar-refractivity contribution in [1.82, 2.24) is 10.6 Å². The first kappa shape index (κ1) is 48.9. The van der Waals surface area contributed by atoms with Crippen LogP contribution in [0, 0.1) is 11.7 Å². The number of aliphatic hydroxyl groups excluding tert-OH is 1. The van der Waals surface area contributed by atoms with E-state index in [1.807, 2.05) is 129 Å². The number of carbonyl (C=O) groups is 4. The van der Waals surface area contributed by atoms with E-state index in [1.54, 1.807) is 12.1 Å². The van der Waals surface area contributed by atoms with E-state index < -0.39 is 42.0 Å². The molecule has 0 unspecified atom stereocenters. The second kappa shape index (κ2) is 23.6. The first-order valence-corrected chi connectivity index (χ1v) is 23.8. The molecule has 3 atom stereocenters. The van der Waals surface area contributed by atoms with E-state index in [9.17, 15) is 28.7 Å². The molecule has 1 aliphatic carbocycles. The van der Waals surface area contributed by atoms with Gasteiger partial charge in [0.15, 0.2) is 0 Å². The van der Waals surface area contributed by atoms with Crippen molar-refractivity contribution < 1.29 is 38.1 Å². The summed E-state index contributed by atoms with van der Waals surface area (Å²) >= 11 is 1.37. The van der Waals surface area contributed by atoms with Gasteiger partial charge < -0.3 is 30.5 Å². The Bertz CT molecular complexity index is 2600. The number of hydrogen-bond acceptors (Lipinski definition) is 8. The van der Waals surface area contributed by atoms with Crippen LogP contribution in [0.4, 0.5) is 14.9 Å². The summed E-state index contributed by atoms with van der Waals surface area (Å²) in [6.07, 6.45) is -0.721. The molecule has 0 heterocycles. The van der Waals surface area contributed by atoms with E-state index in [-0.39, 0.29) is 56.1 Å². The molecule has 6 aromatic carbocycles. The van der Waals surface area contributed by atoms with E-state index in [0.717, 1.165) is 38.9 Å². The molecule has 6 aromatic rings. The summed E-state index contributed by atoms with van der Waals surface area (Å²) in [6.45, 7) is 7.29. The van der Waals surface area contributed by atoms with Crippen molar-refractivity contribution in [3.63, 3.8) is 0 Å². The molecule has 12 heteroatoms. The van der Waals surface area contributed by atoms with E-state index in [1.165, 1.54) is 30.0 Å². The number of nitrogens with one attached hydrogen (secondary N) is 3. The smallest absolute Gasteiger partial charge is 0.407 e. The van der Waals surface area contributed by atoms with Gasteiger partial charge in [0.25, 0.3) is 0 Å². The molecule has 350 valence electrons. The number of hydrogen-bond donors (Lipinski definition) is 4. The van der Waals surface area contributed by atoms with Gasteiger partial charge in [-0.05, 0) is 68.6 Å². The molecule has 0 aliphatic heterocycles. The summed E-state index contributed by atoms with van der Waals surface area (Å²) in [4.78, 5) is 55.1. The Hall–Kier alpha value is -7.02. The first-order chi connectivity index (χ1) is 33.0. The minimum absolute atomic E-state index is 0.0204. The lowest BCUT2D eigenvalue weighted by atomic mass is 9.84. The summed E-state index contributed by atoms with van der Waals surface area (Å²) < 4.78 is 25.1. The topological polar surface area (TPSA) is 143 Å². The normalized spacial score (nSPS) is 13.1. The molecule has 0 spiro atoms. The zero-order valence-electron chi connectivity index (χ0n) is 38.1. The number of rotatable bonds is 21. The number of ether oxygens (including phenoxy) is 2. The Morgan fingerprint density at radius 2 is 1.35 bits per heavy atom. The average molecular weight is 934 g/mol. The zero-order chi connectivity index (χ0) is 48.0. The Morgan fingerprint density at radius 1 is 0.750 bits per heavy atom. The molecule has 7 rings (SSSR count). The van der Waals surface area contributed by atoms with Gasteiger partial charge in [-0.3, -0.25) is 14.4 Å². The molecule has 68 heavy (non-hydrogen) atoms. The molecule has 0 aromatic heterocycles. The third kappa shape index (κ3) is 12.5. The van der Waals surface area contributed by atoms with Crippen molar-refractivity contribution in [3.05, 3.63) is 204 Å². The predicted molar refractivity (Wildman–Crippen MR) is 265 cm³/mol. The third-order valence-electron chi connectivity index (χ3n) is 12.0. The first-order valence-electron chi connectivity index (χ1n) is 22.8. The maximum absolute atomic E-state index is 14.9. The third-order valence-corrected chi connectivity index (χ3v) is 13.0. The number of benzene rings is 6. The molecule has 0 saturated carbocycles. The highest BCUT2D eigenvalue weighted by molar-refractivity contribution is 7.99. The monoisotopic (exact) mass is 933 g/mol. The van der Waals surface area contributed by atoms with Gasteiger partial charge >= 0.3 is 12.1 Å². The van der Waals surface area contributed by atoms with Gasteiger partial charge in [0.05, 0.1) is 24.3 Å². The molecule has 0 fully saturated rings. The van der Waals surface area contributed by atoms with E-state index in [0.29, 0.717) is 21.9 Å². The highest BCUT2D eigenvalue weighted by Gasteiger charge is 2.32. The summed E-state index contributed by atoms with van der Waals surface area (Å²) in [5.74, 6) is -2.33. The molecule has 4 N–H and O–H groups in total.